The van der Waals surface area contributed by atoms with Gasteiger partial charge in [-0.05, 0) is 43.4 Å². The zero-order chi connectivity index (χ0) is 19.6. The van der Waals surface area contributed by atoms with Gasteiger partial charge in [0.1, 0.15) is 0 Å². The van der Waals surface area contributed by atoms with E-state index in [0.717, 1.165) is 50.5 Å². The summed E-state index contributed by atoms with van der Waals surface area (Å²) < 4.78 is 0. The fourth-order valence-corrected chi connectivity index (χ4v) is 3.47. The van der Waals surface area contributed by atoms with Crippen molar-refractivity contribution in [1.82, 2.24) is 4.90 Å². The van der Waals surface area contributed by atoms with Gasteiger partial charge >= 0.3 is 5.97 Å². The molecular formula is C22H31NO4. The highest BCUT2D eigenvalue weighted by Gasteiger charge is 2.28. The van der Waals surface area contributed by atoms with Gasteiger partial charge in [-0.3, -0.25) is 4.79 Å². The van der Waals surface area contributed by atoms with Gasteiger partial charge in [-0.15, -0.1) is 0 Å². The van der Waals surface area contributed by atoms with Crippen molar-refractivity contribution < 1.29 is 19.8 Å². The second kappa shape index (κ2) is 10.9. The molecule has 27 heavy (non-hydrogen) atoms. The molecule has 1 heterocycles. The van der Waals surface area contributed by atoms with E-state index in [1.54, 1.807) is 12.1 Å². The molecule has 5 nitrogen and oxygen atoms in total. The largest absolute Gasteiger partial charge is 0.478 e. The number of carboxylic acids is 1. The third-order valence-corrected chi connectivity index (χ3v) is 5.10. The Morgan fingerprint density at radius 2 is 2.00 bits per heavy atom. The summed E-state index contributed by atoms with van der Waals surface area (Å²) in [5.41, 5.74) is 1.36. The number of hydrogen-bond acceptors (Lipinski definition) is 3. The van der Waals surface area contributed by atoms with Crippen LogP contribution in [0.15, 0.2) is 36.4 Å². The molecule has 5 heteroatoms. The number of carboxylic acid groups (broad SMARTS) is 1. The van der Waals surface area contributed by atoms with Crippen molar-refractivity contribution in [3.05, 3.63) is 47.5 Å². The quantitative estimate of drug-likeness (QED) is 0.457. The van der Waals surface area contributed by atoms with Crippen molar-refractivity contribution in [2.24, 2.45) is 0 Å². The van der Waals surface area contributed by atoms with E-state index in [1.807, 2.05) is 29.2 Å². The Hall–Kier alpha value is -2.14. The number of carbonyl (C=O) groups excluding carboxylic acids is 1. The first-order chi connectivity index (χ1) is 13.0. The zero-order valence-corrected chi connectivity index (χ0v) is 16.1. The molecule has 1 aromatic rings. The summed E-state index contributed by atoms with van der Waals surface area (Å²) in [6.45, 7) is 2.82. The van der Waals surface area contributed by atoms with Gasteiger partial charge in [0.15, 0.2) is 0 Å². The van der Waals surface area contributed by atoms with E-state index < -0.39 is 12.1 Å². The number of nitrogens with zero attached hydrogens (tertiary/aromatic N) is 1. The second-order valence-electron chi connectivity index (χ2n) is 7.25. The van der Waals surface area contributed by atoms with E-state index in [9.17, 15) is 14.7 Å². The first-order valence-electron chi connectivity index (χ1n) is 9.99. The predicted molar refractivity (Wildman–Crippen MR) is 106 cm³/mol. The van der Waals surface area contributed by atoms with Crippen LogP contribution in [0.1, 0.15) is 67.8 Å². The van der Waals surface area contributed by atoms with Crippen LogP contribution < -0.4 is 0 Å². The van der Waals surface area contributed by atoms with Crippen molar-refractivity contribution in [3.8, 4) is 0 Å². The fourth-order valence-electron chi connectivity index (χ4n) is 3.47. The highest BCUT2D eigenvalue weighted by molar-refractivity contribution is 5.87. The van der Waals surface area contributed by atoms with Gasteiger partial charge < -0.3 is 15.1 Å². The third kappa shape index (κ3) is 6.83. The molecule has 1 saturated heterocycles. The summed E-state index contributed by atoms with van der Waals surface area (Å²) in [6.07, 6.45) is 10.5. The number of rotatable bonds is 11. The maximum Gasteiger partial charge on any atom is 0.335 e. The van der Waals surface area contributed by atoms with Crippen LogP contribution >= 0.6 is 0 Å². The van der Waals surface area contributed by atoms with Crippen LogP contribution in [0.3, 0.4) is 0 Å². The van der Waals surface area contributed by atoms with Gasteiger partial charge in [-0.1, -0.05) is 50.5 Å². The normalized spacial score (nSPS) is 18.4. The van der Waals surface area contributed by atoms with Crippen molar-refractivity contribution in [2.45, 2.75) is 70.4 Å². The van der Waals surface area contributed by atoms with Gasteiger partial charge in [-0.2, -0.15) is 0 Å². The number of amides is 1. The summed E-state index contributed by atoms with van der Waals surface area (Å²) in [6, 6.07) is 6.97. The molecule has 2 rings (SSSR count). The Morgan fingerprint density at radius 3 is 2.67 bits per heavy atom. The molecule has 0 saturated carbocycles. The molecule has 0 aliphatic carbocycles. The fraction of sp³-hybridized carbons (Fsp3) is 0.545. The smallest absolute Gasteiger partial charge is 0.335 e. The van der Waals surface area contributed by atoms with E-state index in [2.05, 4.69) is 6.92 Å². The number of aryl methyl sites for hydroxylation is 1. The summed E-state index contributed by atoms with van der Waals surface area (Å²) in [5, 5.41) is 19.0. The van der Waals surface area contributed by atoms with Gasteiger partial charge in [0.25, 0.3) is 0 Å². The average molecular weight is 373 g/mol. The number of hydrogen-bond donors (Lipinski definition) is 2. The minimum atomic E-state index is -0.921. The average Bonchev–Trinajstić information content (AvgIpc) is 3.00. The van der Waals surface area contributed by atoms with Crippen molar-refractivity contribution in [2.75, 3.05) is 6.54 Å². The first-order valence-corrected chi connectivity index (χ1v) is 9.99. The summed E-state index contributed by atoms with van der Waals surface area (Å²) >= 11 is 0. The van der Waals surface area contributed by atoms with Crippen LogP contribution in [-0.2, 0) is 11.2 Å². The topological polar surface area (TPSA) is 77.8 Å². The van der Waals surface area contributed by atoms with Crippen molar-refractivity contribution >= 4 is 11.9 Å². The molecule has 1 fully saturated rings. The van der Waals surface area contributed by atoms with E-state index in [-0.39, 0.29) is 17.5 Å². The third-order valence-electron chi connectivity index (χ3n) is 5.10. The van der Waals surface area contributed by atoms with Gasteiger partial charge in [-0.25, -0.2) is 4.79 Å². The van der Waals surface area contributed by atoms with Crippen LogP contribution in [-0.4, -0.2) is 45.7 Å². The molecule has 2 unspecified atom stereocenters. The van der Waals surface area contributed by atoms with Crippen LogP contribution in [0.5, 0.6) is 0 Å². The van der Waals surface area contributed by atoms with E-state index in [4.69, 9.17) is 5.11 Å². The van der Waals surface area contributed by atoms with Gasteiger partial charge in [0.05, 0.1) is 17.7 Å². The first kappa shape index (κ1) is 21.2. The molecule has 0 aromatic heterocycles. The Morgan fingerprint density at radius 1 is 1.26 bits per heavy atom. The minimum Gasteiger partial charge on any atom is -0.478 e. The monoisotopic (exact) mass is 373 g/mol. The van der Waals surface area contributed by atoms with E-state index in [1.165, 1.54) is 0 Å². The Balaban J connectivity index is 1.80. The van der Waals surface area contributed by atoms with E-state index in [0.29, 0.717) is 13.0 Å². The second-order valence-corrected chi connectivity index (χ2v) is 7.25. The standard InChI is InChI=1S/C22H31NO4/c1-2-3-4-7-20(24)14-12-19-13-15-21(25)23(19)16-5-6-17-8-10-18(11-9-17)22(26)27/h8-12,14,19-20,24H,2-7,13,15-16H2,1H3,(H,26,27). The van der Waals surface area contributed by atoms with E-state index >= 15 is 0 Å². The number of likely N-dealkylation sites (tertiary alicyclic amines) is 1. The maximum absolute atomic E-state index is 12.2. The Kier molecular flexibility index (Phi) is 8.52. The summed E-state index contributed by atoms with van der Waals surface area (Å²) in [7, 11) is 0. The number of aromatic carboxylic acids is 1. The van der Waals surface area contributed by atoms with Crippen molar-refractivity contribution in [3.63, 3.8) is 0 Å². The Bertz CT molecular complexity index is 638. The van der Waals surface area contributed by atoms with Crippen molar-refractivity contribution in [1.29, 1.82) is 0 Å². The van der Waals surface area contributed by atoms with Gasteiger partial charge in [0.2, 0.25) is 5.91 Å². The molecule has 0 spiro atoms. The lowest BCUT2D eigenvalue weighted by Crippen LogP contribution is -2.33. The molecule has 2 N–H and O–H groups in total. The lowest BCUT2D eigenvalue weighted by molar-refractivity contribution is -0.128. The van der Waals surface area contributed by atoms with Crippen LogP contribution in [0.2, 0.25) is 0 Å². The molecule has 1 aromatic carbocycles. The highest BCUT2D eigenvalue weighted by Crippen LogP contribution is 2.21. The number of unbranched alkanes of at least 4 members (excludes halogenated alkanes) is 2. The molecule has 2 atom stereocenters. The lowest BCUT2D eigenvalue weighted by Gasteiger charge is -2.22. The predicted octanol–water partition coefficient (Wildman–Crippen LogP) is 3.81. The van der Waals surface area contributed by atoms with Gasteiger partial charge in [0, 0.05) is 13.0 Å². The highest BCUT2D eigenvalue weighted by atomic mass is 16.4. The summed E-state index contributed by atoms with van der Waals surface area (Å²) in [4.78, 5) is 25.0. The van der Waals surface area contributed by atoms with Crippen LogP contribution in [0, 0.1) is 0 Å². The lowest BCUT2D eigenvalue weighted by atomic mass is 10.1. The molecule has 0 radical (unpaired) electrons. The number of benzene rings is 1. The molecule has 1 aliphatic heterocycles. The maximum atomic E-state index is 12.2. The van der Waals surface area contributed by atoms with Crippen LogP contribution in [0.4, 0.5) is 0 Å². The summed E-state index contributed by atoms with van der Waals surface area (Å²) in [5.74, 6) is -0.748. The molecule has 1 amide bonds. The SMILES string of the molecule is CCCCCC(O)C=CC1CCC(=O)N1CCCc1ccc(C(=O)O)cc1. The minimum absolute atomic E-state index is 0.0766. The number of carbonyl (C=O) groups is 2. The molecule has 148 valence electrons. The molecule has 0 bridgehead atoms. The molecular weight excluding hydrogens is 342 g/mol. The number of aliphatic hydroxyl groups is 1. The number of aliphatic hydroxyl groups excluding tert-OH is 1. The zero-order valence-electron chi connectivity index (χ0n) is 16.1. The Labute approximate surface area is 161 Å². The molecule has 1 aliphatic rings. The van der Waals surface area contributed by atoms with Crippen LogP contribution in [0.25, 0.3) is 0 Å².